The number of amides is 3. The molecule has 0 saturated carbocycles. The molecule has 0 radical (unpaired) electrons. The molecule has 1 saturated heterocycles. The van der Waals surface area contributed by atoms with Gasteiger partial charge in [-0.25, -0.2) is 9.18 Å². The fourth-order valence-electron chi connectivity index (χ4n) is 2.30. The molecule has 5 nitrogen and oxygen atoms in total. The van der Waals surface area contributed by atoms with E-state index in [1.165, 1.54) is 6.07 Å². The number of nitrogens with zero attached hydrogens (tertiary/aromatic N) is 1. The predicted molar refractivity (Wildman–Crippen MR) is 77.2 cm³/mol. The quantitative estimate of drug-likeness (QED) is 0.885. The number of rotatable bonds is 4. The summed E-state index contributed by atoms with van der Waals surface area (Å²) in [7, 11) is 0. The third-order valence-electron chi connectivity index (χ3n) is 3.53. The van der Waals surface area contributed by atoms with E-state index in [2.05, 4.69) is 10.6 Å². The maximum Gasteiger partial charge on any atom is 0.315 e. The molecule has 6 heteroatoms. The topological polar surface area (TPSA) is 61.4 Å². The first kappa shape index (κ1) is 15.3. The Balaban J connectivity index is 1.71. The average Bonchev–Trinajstić information content (AvgIpc) is 3.00. The largest absolute Gasteiger partial charge is 0.341 e. The van der Waals surface area contributed by atoms with E-state index in [-0.39, 0.29) is 18.3 Å². The molecule has 2 N–H and O–H groups in total. The first-order valence-electron chi connectivity index (χ1n) is 7.11. The van der Waals surface area contributed by atoms with Crippen LogP contribution < -0.4 is 10.6 Å². The molecule has 0 aliphatic carbocycles. The standard InChI is InChI=1S/C15H20FN3O2/c1-11-8-12(4-5-13(11)16)9-17-15(21)18-10-14(20)19-6-2-3-7-19/h4-5,8H,2-3,6-7,9-10H2,1H3,(H2,17,18,21). The highest BCUT2D eigenvalue weighted by atomic mass is 19.1. The van der Waals surface area contributed by atoms with Crippen LogP contribution >= 0.6 is 0 Å². The van der Waals surface area contributed by atoms with Crippen molar-refractivity contribution in [3.63, 3.8) is 0 Å². The van der Waals surface area contributed by atoms with E-state index in [1.54, 1.807) is 24.0 Å². The maximum absolute atomic E-state index is 13.1. The van der Waals surface area contributed by atoms with E-state index in [1.807, 2.05) is 0 Å². The molecule has 1 aromatic carbocycles. The highest BCUT2D eigenvalue weighted by molar-refractivity contribution is 5.84. The Morgan fingerprint density at radius 1 is 1.24 bits per heavy atom. The second-order valence-electron chi connectivity index (χ2n) is 5.21. The summed E-state index contributed by atoms with van der Waals surface area (Å²) in [4.78, 5) is 25.1. The monoisotopic (exact) mass is 293 g/mol. The van der Waals surface area contributed by atoms with Crippen molar-refractivity contribution in [1.82, 2.24) is 15.5 Å². The second-order valence-corrected chi connectivity index (χ2v) is 5.21. The second kappa shape index (κ2) is 7.06. The van der Waals surface area contributed by atoms with Gasteiger partial charge in [0.25, 0.3) is 0 Å². The molecular weight excluding hydrogens is 273 g/mol. The molecule has 1 aromatic rings. The van der Waals surface area contributed by atoms with Crippen molar-refractivity contribution >= 4 is 11.9 Å². The van der Waals surface area contributed by atoms with Crippen molar-refractivity contribution < 1.29 is 14.0 Å². The van der Waals surface area contributed by atoms with E-state index < -0.39 is 6.03 Å². The van der Waals surface area contributed by atoms with Gasteiger partial charge in [0, 0.05) is 19.6 Å². The zero-order valence-corrected chi connectivity index (χ0v) is 12.1. The van der Waals surface area contributed by atoms with Crippen molar-refractivity contribution in [2.45, 2.75) is 26.3 Å². The highest BCUT2D eigenvalue weighted by Gasteiger charge is 2.17. The molecule has 0 aromatic heterocycles. The number of hydrogen-bond donors (Lipinski definition) is 2. The van der Waals surface area contributed by atoms with E-state index >= 15 is 0 Å². The summed E-state index contributed by atoms with van der Waals surface area (Å²) in [5.74, 6) is -0.320. The lowest BCUT2D eigenvalue weighted by Crippen LogP contribution is -2.42. The van der Waals surface area contributed by atoms with E-state index in [0.29, 0.717) is 12.1 Å². The number of carbonyl (C=O) groups excluding carboxylic acids is 2. The molecule has 1 aliphatic rings. The Morgan fingerprint density at radius 3 is 2.62 bits per heavy atom. The highest BCUT2D eigenvalue weighted by Crippen LogP contribution is 2.09. The number of aryl methyl sites for hydroxylation is 1. The van der Waals surface area contributed by atoms with Gasteiger partial charge in [-0.15, -0.1) is 0 Å². The fraction of sp³-hybridized carbons (Fsp3) is 0.467. The van der Waals surface area contributed by atoms with Crippen molar-refractivity contribution in [3.8, 4) is 0 Å². The Labute approximate surface area is 123 Å². The number of urea groups is 1. The van der Waals surface area contributed by atoms with Crippen LogP contribution in [0.3, 0.4) is 0 Å². The third-order valence-corrected chi connectivity index (χ3v) is 3.53. The van der Waals surface area contributed by atoms with Crippen molar-refractivity contribution in [3.05, 3.63) is 35.1 Å². The van der Waals surface area contributed by atoms with E-state index in [9.17, 15) is 14.0 Å². The molecule has 1 fully saturated rings. The lowest BCUT2D eigenvalue weighted by Gasteiger charge is -2.15. The maximum atomic E-state index is 13.1. The summed E-state index contributed by atoms with van der Waals surface area (Å²) in [6.07, 6.45) is 2.06. The number of nitrogens with one attached hydrogen (secondary N) is 2. The van der Waals surface area contributed by atoms with Gasteiger partial charge in [0.15, 0.2) is 0 Å². The molecule has 2 rings (SSSR count). The number of carbonyl (C=O) groups is 2. The molecule has 1 aliphatic heterocycles. The van der Waals surface area contributed by atoms with Gasteiger partial charge >= 0.3 is 6.03 Å². The molecule has 0 unspecified atom stereocenters. The lowest BCUT2D eigenvalue weighted by molar-refractivity contribution is -0.128. The Hall–Kier alpha value is -2.11. The van der Waals surface area contributed by atoms with Gasteiger partial charge in [-0.05, 0) is 37.0 Å². The number of likely N-dealkylation sites (tertiary alicyclic amines) is 1. The van der Waals surface area contributed by atoms with Crippen LogP contribution in [0.4, 0.5) is 9.18 Å². The minimum absolute atomic E-state index is 0.00821. The molecule has 0 bridgehead atoms. The summed E-state index contributed by atoms with van der Waals surface area (Å²) < 4.78 is 13.1. The minimum Gasteiger partial charge on any atom is -0.341 e. The summed E-state index contributed by atoms with van der Waals surface area (Å²) in [6.45, 7) is 3.53. The SMILES string of the molecule is Cc1cc(CNC(=O)NCC(=O)N2CCCC2)ccc1F. The third kappa shape index (κ3) is 4.44. The molecule has 21 heavy (non-hydrogen) atoms. The van der Waals surface area contributed by atoms with Crippen LogP contribution in [0, 0.1) is 12.7 Å². The molecule has 0 spiro atoms. The van der Waals surface area contributed by atoms with E-state index in [4.69, 9.17) is 0 Å². The summed E-state index contributed by atoms with van der Waals surface area (Å²) in [6, 6.07) is 4.29. The van der Waals surface area contributed by atoms with Gasteiger partial charge in [-0.1, -0.05) is 12.1 Å². The minimum atomic E-state index is -0.399. The normalized spacial score (nSPS) is 14.1. The van der Waals surface area contributed by atoms with Crippen LogP contribution in [-0.2, 0) is 11.3 Å². The van der Waals surface area contributed by atoms with E-state index in [0.717, 1.165) is 31.5 Å². The molecule has 114 valence electrons. The van der Waals surface area contributed by atoms with Gasteiger partial charge in [0.2, 0.25) is 5.91 Å². The Bertz CT molecular complexity index is 528. The first-order chi connectivity index (χ1) is 10.1. The molecule has 3 amide bonds. The summed E-state index contributed by atoms with van der Waals surface area (Å²) in [5.41, 5.74) is 1.36. The van der Waals surface area contributed by atoms with Crippen LogP contribution in [0.15, 0.2) is 18.2 Å². The van der Waals surface area contributed by atoms with Crippen LogP contribution in [0.25, 0.3) is 0 Å². The predicted octanol–water partition coefficient (Wildman–Crippen LogP) is 1.56. The van der Waals surface area contributed by atoms with Crippen molar-refractivity contribution in [2.24, 2.45) is 0 Å². The zero-order chi connectivity index (χ0) is 15.2. The molecule has 0 atom stereocenters. The average molecular weight is 293 g/mol. The van der Waals surface area contributed by atoms with Gasteiger partial charge in [0.05, 0.1) is 6.54 Å². The van der Waals surface area contributed by atoms with Crippen molar-refractivity contribution in [2.75, 3.05) is 19.6 Å². The zero-order valence-electron chi connectivity index (χ0n) is 12.1. The van der Waals surface area contributed by atoms with Crippen LogP contribution in [-0.4, -0.2) is 36.5 Å². The smallest absolute Gasteiger partial charge is 0.315 e. The van der Waals surface area contributed by atoms with Gasteiger partial charge in [-0.2, -0.15) is 0 Å². The summed E-state index contributed by atoms with van der Waals surface area (Å²) >= 11 is 0. The fourth-order valence-corrected chi connectivity index (χ4v) is 2.30. The van der Waals surface area contributed by atoms with Crippen LogP contribution in [0.1, 0.15) is 24.0 Å². The Kier molecular flexibility index (Phi) is 5.14. The molecular formula is C15H20FN3O2. The lowest BCUT2D eigenvalue weighted by atomic mass is 10.1. The van der Waals surface area contributed by atoms with Crippen LogP contribution in [0.5, 0.6) is 0 Å². The number of benzene rings is 1. The van der Waals surface area contributed by atoms with Crippen LogP contribution in [0.2, 0.25) is 0 Å². The first-order valence-corrected chi connectivity index (χ1v) is 7.11. The summed E-state index contributed by atoms with van der Waals surface area (Å²) in [5, 5.41) is 5.19. The van der Waals surface area contributed by atoms with Gasteiger partial charge in [-0.3, -0.25) is 4.79 Å². The molecule has 1 heterocycles. The number of hydrogen-bond acceptors (Lipinski definition) is 2. The van der Waals surface area contributed by atoms with Crippen molar-refractivity contribution in [1.29, 1.82) is 0 Å². The van der Waals surface area contributed by atoms with Gasteiger partial charge in [0.1, 0.15) is 5.82 Å². The van der Waals surface area contributed by atoms with Gasteiger partial charge < -0.3 is 15.5 Å². The Morgan fingerprint density at radius 2 is 1.95 bits per heavy atom. The number of halogens is 1.